The molecule has 1 N–H and O–H groups in total. The van der Waals surface area contributed by atoms with Gasteiger partial charge in [-0.25, -0.2) is 4.98 Å². The highest BCUT2D eigenvalue weighted by Crippen LogP contribution is 2.33. The number of hydrogen-bond acceptors (Lipinski definition) is 3. The van der Waals surface area contributed by atoms with E-state index in [0.717, 1.165) is 25.4 Å². The van der Waals surface area contributed by atoms with Crippen molar-refractivity contribution in [1.29, 1.82) is 0 Å². The third kappa shape index (κ3) is 2.79. The summed E-state index contributed by atoms with van der Waals surface area (Å²) in [6.45, 7) is 0.649. The summed E-state index contributed by atoms with van der Waals surface area (Å²) in [7, 11) is 0. The van der Waals surface area contributed by atoms with Crippen molar-refractivity contribution in [3.8, 4) is 0 Å². The summed E-state index contributed by atoms with van der Waals surface area (Å²) in [6, 6.07) is 11.7. The van der Waals surface area contributed by atoms with Crippen molar-refractivity contribution >= 4 is 66.4 Å². The number of aromatic nitrogens is 1. The van der Waals surface area contributed by atoms with E-state index in [2.05, 4.69) is 26.2 Å². The SMILES string of the molecule is Clc1ccc2sc(CNc3ccccc3Br)nc2c1Cl. The van der Waals surface area contributed by atoms with Crippen LogP contribution in [0.1, 0.15) is 5.01 Å². The van der Waals surface area contributed by atoms with Gasteiger partial charge in [-0.05, 0) is 40.2 Å². The molecule has 0 bridgehead atoms. The quantitative estimate of drug-likeness (QED) is 0.598. The molecule has 0 aliphatic carbocycles. The average Bonchev–Trinajstić information content (AvgIpc) is 2.86. The van der Waals surface area contributed by atoms with Gasteiger partial charge >= 0.3 is 0 Å². The van der Waals surface area contributed by atoms with Crippen LogP contribution < -0.4 is 5.32 Å². The third-order valence-electron chi connectivity index (χ3n) is 2.80. The number of nitrogens with zero attached hydrogens (tertiary/aromatic N) is 1. The molecule has 0 unspecified atom stereocenters. The summed E-state index contributed by atoms with van der Waals surface area (Å²) in [4.78, 5) is 4.54. The van der Waals surface area contributed by atoms with Crippen molar-refractivity contribution in [1.82, 2.24) is 4.98 Å². The van der Waals surface area contributed by atoms with Crippen molar-refractivity contribution in [2.75, 3.05) is 5.32 Å². The molecule has 0 spiro atoms. The van der Waals surface area contributed by atoms with E-state index in [9.17, 15) is 0 Å². The van der Waals surface area contributed by atoms with Gasteiger partial charge in [0.15, 0.2) is 0 Å². The van der Waals surface area contributed by atoms with Gasteiger partial charge < -0.3 is 5.32 Å². The molecule has 0 saturated heterocycles. The van der Waals surface area contributed by atoms with Gasteiger partial charge in [0.05, 0.1) is 21.3 Å². The Hall–Kier alpha value is -0.810. The van der Waals surface area contributed by atoms with Gasteiger partial charge in [0.1, 0.15) is 10.5 Å². The number of nitrogens with one attached hydrogen (secondary N) is 1. The van der Waals surface area contributed by atoms with E-state index in [1.807, 2.05) is 30.3 Å². The summed E-state index contributed by atoms with van der Waals surface area (Å²) >= 11 is 17.3. The monoisotopic (exact) mass is 386 g/mol. The van der Waals surface area contributed by atoms with Crippen LogP contribution in [0, 0.1) is 0 Å². The van der Waals surface area contributed by atoms with E-state index >= 15 is 0 Å². The minimum Gasteiger partial charge on any atom is -0.378 e. The summed E-state index contributed by atoms with van der Waals surface area (Å²) in [5.74, 6) is 0. The number of hydrogen-bond donors (Lipinski definition) is 1. The van der Waals surface area contributed by atoms with Crippen LogP contribution in [-0.2, 0) is 6.54 Å². The van der Waals surface area contributed by atoms with E-state index in [0.29, 0.717) is 16.6 Å². The molecule has 2 nitrogen and oxygen atoms in total. The van der Waals surface area contributed by atoms with Crippen molar-refractivity contribution in [2.24, 2.45) is 0 Å². The Kier molecular flexibility index (Phi) is 4.17. The molecule has 3 aromatic rings. The Balaban J connectivity index is 1.85. The summed E-state index contributed by atoms with van der Waals surface area (Å²) in [5.41, 5.74) is 1.81. The topological polar surface area (TPSA) is 24.9 Å². The van der Waals surface area contributed by atoms with Crippen LogP contribution in [-0.4, -0.2) is 4.98 Å². The van der Waals surface area contributed by atoms with Crippen molar-refractivity contribution in [3.05, 3.63) is 55.9 Å². The lowest BCUT2D eigenvalue weighted by molar-refractivity contribution is 1.12. The molecule has 0 aliphatic rings. The molecular formula is C14H9BrCl2N2S. The first-order valence-electron chi connectivity index (χ1n) is 5.87. The second-order valence-electron chi connectivity index (χ2n) is 4.15. The first kappa shape index (κ1) is 14.1. The molecular weight excluding hydrogens is 379 g/mol. The maximum absolute atomic E-state index is 6.17. The van der Waals surface area contributed by atoms with Gasteiger partial charge in [-0.15, -0.1) is 11.3 Å². The number of anilines is 1. The molecule has 6 heteroatoms. The highest BCUT2D eigenvalue weighted by Gasteiger charge is 2.10. The van der Waals surface area contributed by atoms with Gasteiger partial charge in [-0.1, -0.05) is 35.3 Å². The second-order valence-corrected chi connectivity index (χ2v) is 6.90. The lowest BCUT2D eigenvalue weighted by Gasteiger charge is -2.05. The summed E-state index contributed by atoms with van der Waals surface area (Å²) in [6.07, 6.45) is 0. The molecule has 1 heterocycles. The molecule has 1 aromatic heterocycles. The second kappa shape index (κ2) is 5.90. The predicted molar refractivity (Wildman–Crippen MR) is 91.1 cm³/mol. The maximum atomic E-state index is 6.17. The van der Waals surface area contributed by atoms with E-state index in [4.69, 9.17) is 23.2 Å². The van der Waals surface area contributed by atoms with Crippen LogP contribution in [0.25, 0.3) is 10.2 Å². The molecule has 0 atom stereocenters. The van der Waals surface area contributed by atoms with Crippen molar-refractivity contribution < 1.29 is 0 Å². The van der Waals surface area contributed by atoms with Crippen molar-refractivity contribution in [2.45, 2.75) is 6.54 Å². The zero-order valence-electron chi connectivity index (χ0n) is 10.2. The largest absolute Gasteiger partial charge is 0.378 e. The van der Waals surface area contributed by atoms with Crippen LogP contribution in [0.3, 0.4) is 0 Å². The Labute approximate surface area is 138 Å². The highest BCUT2D eigenvalue weighted by molar-refractivity contribution is 9.10. The molecule has 0 amide bonds. The molecule has 0 fully saturated rings. The molecule has 0 radical (unpaired) electrons. The molecule has 2 aromatic carbocycles. The Morgan fingerprint density at radius 3 is 2.75 bits per heavy atom. The maximum Gasteiger partial charge on any atom is 0.113 e. The number of para-hydroxylation sites is 1. The number of benzene rings is 2. The van der Waals surface area contributed by atoms with Crippen LogP contribution >= 0.6 is 50.5 Å². The molecule has 3 rings (SSSR count). The van der Waals surface area contributed by atoms with Gasteiger partial charge in [0, 0.05) is 10.2 Å². The fraction of sp³-hybridized carbons (Fsp3) is 0.0714. The van der Waals surface area contributed by atoms with E-state index in [-0.39, 0.29) is 0 Å². The minimum atomic E-state index is 0.521. The first-order chi connectivity index (χ1) is 9.65. The zero-order chi connectivity index (χ0) is 14.1. The van der Waals surface area contributed by atoms with Gasteiger partial charge in [-0.2, -0.15) is 0 Å². The first-order valence-corrected chi connectivity index (χ1v) is 8.23. The van der Waals surface area contributed by atoms with Crippen molar-refractivity contribution in [3.63, 3.8) is 0 Å². The highest BCUT2D eigenvalue weighted by atomic mass is 79.9. The fourth-order valence-corrected chi connectivity index (χ4v) is 3.59. The van der Waals surface area contributed by atoms with E-state index in [1.54, 1.807) is 17.4 Å². The fourth-order valence-electron chi connectivity index (χ4n) is 1.83. The van der Waals surface area contributed by atoms with Crippen LogP contribution in [0.5, 0.6) is 0 Å². The third-order valence-corrected chi connectivity index (χ3v) is 5.31. The Morgan fingerprint density at radius 2 is 1.95 bits per heavy atom. The lowest BCUT2D eigenvalue weighted by Crippen LogP contribution is -1.99. The van der Waals surface area contributed by atoms with E-state index < -0.39 is 0 Å². The standard InChI is InChI=1S/C14H9BrCl2N2S/c15-8-3-1-2-4-10(8)18-7-12-19-14-11(20-12)6-5-9(16)13(14)17/h1-6,18H,7H2. The van der Waals surface area contributed by atoms with Gasteiger partial charge in [0.25, 0.3) is 0 Å². The van der Waals surface area contributed by atoms with Gasteiger partial charge in [-0.3, -0.25) is 0 Å². The lowest BCUT2D eigenvalue weighted by atomic mass is 10.3. The zero-order valence-corrected chi connectivity index (χ0v) is 14.1. The van der Waals surface area contributed by atoms with Crippen LogP contribution in [0.2, 0.25) is 10.0 Å². The van der Waals surface area contributed by atoms with E-state index in [1.165, 1.54) is 0 Å². The number of thiazole rings is 1. The molecule has 102 valence electrons. The Bertz CT molecular complexity index is 773. The predicted octanol–water partition coefficient (Wildman–Crippen LogP) is 5.98. The molecule has 0 aliphatic heterocycles. The minimum absolute atomic E-state index is 0.521. The van der Waals surface area contributed by atoms with Gasteiger partial charge in [0.2, 0.25) is 0 Å². The average molecular weight is 388 g/mol. The normalized spacial score (nSPS) is 10.9. The molecule has 0 saturated carbocycles. The van der Waals surface area contributed by atoms with Crippen LogP contribution in [0.4, 0.5) is 5.69 Å². The number of rotatable bonds is 3. The molecule has 20 heavy (non-hydrogen) atoms. The smallest absolute Gasteiger partial charge is 0.113 e. The number of halogens is 3. The number of fused-ring (bicyclic) bond motifs is 1. The van der Waals surface area contributed by atoms with Crippen LogP contribution in [0.15, 0.2) is 40.9 Å². The summed E-state index contributed by atoms with van der Waals surface area (Å²) < 4.78 is 2.07. The Morgan fingerprint density at radius 1 is 1.15 bits per heavy atom. The summed E-state index contributed by atoms with van der Waals surface area (Å²) in [5, 5.41) is 5.38.